The van der Waals surface area contributed by atoms with Gasteiger partial charge in [-0.15, -0.1) is 10.2 Å². The van der Waals surface area contributed by atoms with E-state index in [4.69, 9.17) is 9.15 Å². The minimum atomic E-state index is -0.520. The molecule has 1 saturated heterocycles. The summed E-state index contributed by atoms with van der Waals surface area (Å²) in [5, 5.41) is 8.82. The summed E-state index contributed by atoms with van der Waals surface area (Å²) < 4.78 is 11.3. The van der Waals surface area contributed by atoms with Gasteiger partial charge in [-0.2, -0.15) is 0 Å². The van der Waals surface area contributed by atoms with Crippen molar-refractivity contribution in [3.63, 3.8) is 0 Å². The fraction of sp³-hybridized carbons (Fsp3) is 0.526. The van der Waals surface area contributed by atoms with Gasteiger partial charge in [0.15, 0.2) is 0 Å². The van der Waals surface area contributed by atoms with Crippen LogP contribution in [0.5, 0.6) is 0 Å². The number of hydrogen-bond donors (Lipinski definition) is 0. The second-order valence-corrected chi connectivity index (χ2v) is 8.44. The maximum atomic E-state index is 12.4. The van der Waals surface area contributed by atoms with Gasteiger partial charge in [-0.3, -0.25) is 4.90 Å². The van der Waals surface area contributed by atoms with Crippen molar-refractivity contribution in [3.05, 3.63) is 41.3 Å². The van der Waals surface area contributed by atoms with Crippen LogP contribution in [0.1, 0.15) is 56.7 Å². The van der Waals surface area contributed by atoms with Gasteiger partial charge in [0.25, 0.3) is 5.22 Å². The Labute approximate surface area is 158 Å². The molecule has 0 aliphatic carbocycles. The minimum Gasteiger partial charge on any atom is -0.444 e. The summed E-state index contributed by atoms with van der Waals surface area (Å²) in [5.74, 6) is 1.25. The summed E-state index contributed by atoms with van der Waals surface area (Å²) in [4.78, 5) is 14.1. The van der Waals surface area contributed by atoms with E-state index in [1.807, 2.05) is 20.8 Å². The molecule has 0 spiro atoms. The number of amides is 1. The lowest BCUT2D eigenvalue weighted by Crippen LogP contribution is -2.36. The van der Waals surface area contributed by atoms with Crippen LogP contribution < -0.4 is 0 Å². The highest BCUT2D eigenvalue weighted by atomic mass is 32.2. The molecule has 26 heavy (non-hydrogen) atoms. The van der Waals surface area contributed by atoms with Crippen molar-refractivity contribution in [2.45, 2.75) is 63.2 Å². The van der Waals surface area contributed by atoms with E-state index in [0.29, 0.717) is 17.7 Å². The Hall–Kier alpha value is -2.02. The van der Waals surface area contributed by atoms with E-state index in [9.17, 15) is 4.79 Å². The lowest BCUT2D eigenvalue weighted by Gasteiger charge is -2.27. The fourth-order valence-electron chi connectivity index (χ4n) is 2.81. The van der Waals surface area contributed by atoms with E-state index < -0.39 is 5.60 Å². The van der Waals surface area contributed by atoms with E-state index >= 15 is 0 Å². The average molecular weight is 375 g/mol. The molecule has 1 aromatic carbocycles. The molecule has 0 bridgehead atoms. The highest BCUT2D eigenvalue weighted by Gasteiger charge is 2.36. The number of aryl methyl sites for hydroxylation is 1. The quantitative estimate of drug-likeness (QED) is 0.719. The topological polar surface area (TPSA) is 68.5 Å². The minimum absolute atomic E-state index is 0.203. The first-order valence-electron chi connectivity index (χ1n) is 8.83. The summed E-state index contributed by atoms with van der Waals surface area (Å²) in [7, 11) is 0. The number of ether oxygens (including phenoxy) is 1. The molecule has 0 unspecified atom stereocenters. The van der Waals surface area contributed by atoms with Crippen LogP contribution in [0.15, 0.2) is 33.9 Å². The second kappa shape index (κ2) is 7.70. The molecule has 1 aliphatic heterocycles. The zero-order valence-electron chi connectivity index (χ0n) is 15.7. The number of benzene rings is 1. The summed E-state index contributed by atoms with van der Waals surface area (Å²) >= 11 is 1.50. The molecule has 0 radical (unpaired) electrons. The van der Waals surface area contributed by atoms with Crippen LogP contribution >= 0.6 is 11.8 Å². The number of hydrogen-bond acceptors (Lipinski definition) is 6. The largest absolute Gasteiger partial charge is 0.444 e. The Morgan fingerprint density at radius 1 is 1.31 bits per heavy atom. The molecule has 1 atom stereocenters. The normalized spacial score (nSPS) is 17.5. The van der Waals surface area contributed by atoms with Gasteiger partial charge >= 0.3 is 6.09 Å². The van der Waals surface area contributed by atoms with Gasteiger partial charge in [0, 0.05) is 12.3 Å². The van der Waals surface area contributed by atoms with E-state index in [1.165, 1.54) is 22.9 Å². The Balaban J connectivity index is 1.62. The molecule has 6 nitrogen and oxygen atoms in total. The maximum absolute atomic E-state index is 12.4. The molecule has 0 N–H and O–H groups in total. The Kier molecular flexibility index (Phi) is 5.55. The van der Waals surface area contributed by atoms with Crippen molar-refractivity contribution in [2.24, 2.45) is 0 Å². The molecule has 1 amide bonds. The van der Waals surface area contributed by atoms with Gasteiger partial charge < -0.3 is 9.15 Å². The van der Waals surface area contributed by atoms with Crippen molar-refractivity contribution in [2.75, 3.05) is 6.54 Å². The van der Waals surface area contributed by atoms with Gasteiger partial charge in [-0.25, -0.2) is 4.79 Å². The Morgan fingerprint density at radius 2 is 2.04 bits per heavy atom. The highest BCUT2D eigenvalue weighted by molar-refractivity contribution is 7.98. The number of carbonyl (C=O) groups excluding carboxylic acids is 1. The molecule has 2 heterocycles. The van der Waals surface area contributed by atoms with Crippen LogP contribution in [-0.4, -0.2) is 33.3 Å². The summed E-state index contributed by atoms with van der Waals surface area (Å²) in [6.07, 6.45) is 1.38. The van der Waals surface area contributed by atoms with Gasteiger partial charge in [-0.1, -0.05) is 41.6 Å². The fourth-order valence-corrected chi connectivity index (χ4v) is 3.53. The molecular weight excluding hydrogens is 350 g/mol. The van der Waals surface area contributed by atoms with E-state index in [-0.39, 0.29) is 12.1 Å². The number of rotatable bonds is 4. The molecule has 1 fully saturated rings. The zero-order chi connectivity index (χ0) is 18.7. The predicted molar refractivity (Wildman–Crippen MR) is 100.0 cm³/mol. The van der Waals surface area contributed by atoms with Crippen molar-refractivity contribution in [1.82, 2.24) is 15.1 Å². The van der Waals surface area contributed by atoms with E-state index in [1.54, 1.807) is 4.90 Å². The lowest BCUT2D eigenvalue weighted by atomic mass is 10.2. The van der Waals surface area contributed by atoms with Crippen molar-refractivity contribution < 1.29 is 13.9 Å². The molecular formula is C19H25N3O3S. The predicted octanol–water partition coefficient (Wildman–Crippen LogP) is 4.74. The molecule has 7 heteroatoms. The third kappa shape index (κ3) is 4.78. The molecule has 0 saturated carbocycles. The van der Waals surface area contributed by atoms with Gasteiger partial charge in [0.1, 0.15) is 11.6 Å². The molecule has 3 rings (SSSR count). The first-order valence-corrected chi connectivity index (χ1v) is 9.82. The Bertz CT molecular complexity index is 752. The average Bonchev–Trinajstić information content (AvgIpc) is 3.21. The third-order valence-electron chi connectivity index (χ3n) is 4.07. The van der Waals surface area contributed by atoms with Gasteiger partial charge in [-0.05, 0) is 46.1 Å². The summed E-state index contributed by atoms with van der Waals surface area (Å²) in [6, 6.07) is 8.17. The molecule has 140 valence electrons. The number of aromatic nitrogens is 2. The van der Waals surface area contributed by atoms with Crippen molar-refractivity contribution in [1.29, 1.82) is 0 Å². The molecule has 1 aromatic heterocycles. The number of carbonyl (C=O) groups is 1. The van der Waals surface area contributed by atoms with Gasteiger partial charge in [0.05, 0.1) is 0 Å². The zero-order valence-corrected chi connectivity index (χ0v) is 16.5. The van der Waals surface area contributed by atoms with Crippen LogP contribution in [0.25, 0.3) is 0 Å². The van der Waals surface area contributed by atoms with Crippen LogP contribution in [0.4, 0.5) is 4.79 Å². The molecule has 1 aliphatic rings. The first kappa shape index (κ1) is 18.8. The summed E-state index contributed by atoms with van der Waals surface area (Å²) in [6.45, 7) is 8.31. The van der Waals surface area contributed by atoms with E-state index in [2.05, 4.69) is 41.4 Å². The van der Waals surface area contributed by atoms with Crippen LogP contribution in [0.3, 0.4) is 0 Å². The standard InChI is InChI=1S/C19H25N3O3S/c1-13-7-9-14(10-8-13)12-26-17-21-20-16(24-17)15-6-5-11-22(15)18(23)25-19(2,3)4/h7-10,15H,5-6,11-12H2,1-4H3/t15-/m1/s1. The van der Waals surface area contributed by atoms with Crippen molar-refractivity contribution in [3.8, 4) is 0 Å². The number of nitrogens with zero attached hydrogens (tertiary/aromatic N) is 3. The highest BCUT2D eigenvalue weighted by Crippen LogP contribution is 2.34. The Morgan fingerprint density at radius 3 is 2.73 bits per heavy atom. The van der Waals surface area contributed by atoms with Crippen LogP contribution in [0, 0.1) is 6.92 Å². The van der Waals surface area contributed by atoms with Crippen LogP contribution in [0.2, 0.25) is 0 Å². The third-order valence-corrected chi connectivity index (χ3v) is 4.96. The number of likely N-dealkylation sites (tertiary alicyclic amines) is 1. The second-order valence-electron chi connectivity index (χ2n) is 7.51. The first-order chi connectivity index (χ1) is 12.3. The number of thioether (sulfide) groups is 1. The van der Waals surface area contributed by atoms with Crippen molar-refractivity contribution >= 4 is 17.9 Å². The molecule has 2 aromatic rings. The SMILES string of the molecule is Cc1ccc(CSc2nnc([C@H]3CCCN3C(=O)OC(C)(C)C)o2)cc1. The van der Waals surface area contributed by atoms with E-state index in [0.717, 1.165) is 18.6 Å². The smallest absolute Gasteiger partial charge is 0.410 e. The monoisotopic (exact) mass is 375 g/mol. The van der Waals surface area contributed by atoms with Crippen LogP contribution in [-0.2, 0) is 10.5 Å². The maximum Gasteiger partial charge on any atom is 0.410 e. The summed E-state index contributed by atoms with van der Waals surface area (Å²) in [5.41, 5.74) is 1.92. The lowest BCUT2D eigenvalue weighted by molar-refractivity contribution is 0.0201. The van der Waals surface area contributed by atoms with Gasteiger partial charge in [0.2, 0.25) is 5.89 Å².